The fraction of sp³-hybridized carbons (Fsp3) is 0.500. The molecule has 0 radical (unpaired) electrons. The van der Waals surface area contributed by atoms with Crippen LogP contribution in [0.15, 0.2) is 24.3 Å². The smallest absolute Gasteiger partial charge is 0.119 e. The molecule has 1 atom stereocenters. The van der Waals surface area contributed by atoms with E-state index in [0.29, 0.717) is 0 Å². The minimum atomic E-state index is 0.808. The van der Waals surface area contributed by atoms with Crippen molar-refractivity contribution in [2.24, 2.45) is 5.92 Å². The molecular weight excluding hydrogens is 174 g/mol. The van der Waals surface area contributed by atoms with E-state index in [1.165, 1.54) is 24.9 Å². The van der Waals surface area contributed by atoms with Crippen LogP contribution >= 0.6 is 0 Å². The van der Waals surface area contributed by atoms with Gasteiger partial charge in [-0.25, -0.2) is 0 Å². The van der Waals surface area contributed by atoms with E-state index < -0.39 is 0 Å². The second kappa shape index (κ2) is 4.47. The van der Waals surface area contributed by atoms with Gasteiger partial charge in [-0.05, 0) is 49.5 Å². The molecule has 2 nitrogen and oxygen atoms in total. The lowest BCUT2D eigenvalue weighted by atomic mass is 9.99. The van der Waals surface area contributed by atoms with Crippen molar-refractivity contribution in [2.45, 2.75) is 12.8 Å². The van der Waals surface area contributed by atoms with Gasteiger partial charge in [0.15, 0.2) is 0 Å². The number of ether oxygens (including phenoxy) is 1. The molecule has 1 fully saturated rings. The van der Waals surface area contributed by atoms with Crippen LogP contribution in [0.2, 0.25) is 0 Å². The normalized spacial score (nSPS) is 21.1. The van der Waals surface area contributed by atoms with Crippen LogP contribution in [0.25, 0.3) is 0 Å². The monoisotopic (exact) mass is 191 g/mol. The Labute approximate surface area is 85.3 Å². The molecule has 1 aliphatic heterocycles. The average molecular weight is 191 g/mol. The number of nitrogens with one attached hydrogen (secondary N) is 1. The zero-order valence-electron chi connectivity index (χ0n) is 8.62. The Morgan fingerprint density at radius 2 is 2.43 bits per heavy atom. The largest absolute Gasteiger partial charge is 0.497 e. The highest BCUT2D eigenvalue weighted by Crippen LogP contribution is 2.18. The van der Waals surface area contributed by atoms with Gasteiger partial charge in [0.25, 0.3) is 0 Å². The lowest BCUT2D eigenvalue weighted by Crippen LogP contribution is -2.10. The van der Waals surface area contributed by atoms with Crippen molar-refractivity contribution in [3.05, 3.63) is 29.8 Å². The number of rotatable bonds is 3. The van der Waals surface area contributed by atoms with Crippen LogP contribution in [0.5, 0.6) is 5.75 Å². The molecule has 1 aromatic carbocycles. The van der Waals surface area contributed by atoms with Crippen LogP contribution in [-0.4, -0.2) is 20.2 Å². The molecule has 0 amide bonds. The summed E-state index contributed by atoms with van der Waals surface area (Å²) in [5.41, 5.74) is 1.39. The number of methoxy groups -OCH3 is 1. The van der Waals surface area contributed by atoms with Gasteiger partial charge in [-0.1, -0.05) is 12.1 Å². The average Bonchev–Trinajstić information content (AvgIpc) is 2.71. The molecule has 1 aromatic rings. The molecule has 1 aliphatic rings. The van der Waals surface area contributed by atoms with Crippen LogP contribution < -0.4 is 10.1 Å². The van der Waals surface area contributed by atoms with Crippen LogP contribution in [0.4, 0.5) is 0 Å². The van der Waals surface area contributed by atoms with Crippen molar-refractivity contribution >= 4 is 0 Å². The van der Waals surface area contributed by atoms with Gasteiger partial charge in [0.1, 0.15) is 5.75 Å². The summed E-state index contributed by atoms with van der Waals surface area (Å²) >= 11 is 0. The van der Waals surface area contributed by atoms with Crippen molar-refractivity contribution in [2.75, 3.05) is 20.2 Å². The van der Waals surface area contributed by atoms with Crippen molar-refractivity contribution < 1.29 is 4.74 Å². The molecule has 1 N–H and O–H groups in total. The Morgan fingerprint density at radius 1 is 1.50 bits per heavy atom. The van der Waals surface area contributed by atoms with Gasteiger partial charge in [0.2, 0.25) is 0 Å². The van der Waals surface area contributed by atoms with E-state index in [0.717, 1.165) is 18.2 Å². The quantitative estimate of drug-likeness (QED) is 0.787. The molecule has 14 heavy (non-hydrogen) atoms. The van der Waals surface area contributed by atoms with Gasteiger partial charge >= 0.3 is 0 Å². The first kappa shape index (κ1) is 9.53. The van der Waals surface area contributed by atoms with Gasteiger partial charge in [-0.3, -0.25) is 0 Å². The second-order valence-electron chi connectivity index (χ2n) is 3.91. The second-order valence-corrected chi connectivity index (χ2v) is 3.91. The molecule has 0 aliphatic carbocycles. The Morgan fingerprint density at radius 3 is 3.14 bits per heavy atom. The van der Waals surface area contributed by atoms with E-state index >= 15 is 0 Å². The fourth-order valence-electron chi connectivity index (χ4n) is 2.02. The molecule has 76 valence electrons. The summed E-state index contributed by atoms with van der Waals surface area (Å²) in [5.74, 6) is 1.77. The Kier molecular flexibility index (Phi) is 3.04. The Hall–Kier alpha value is -1.02. The molecule has 0 unspecified atom stereocenters. The minimum Gasteiger partial charge on any atom is -0.497 e. The predicted molar refractivity (Wildman–Crippen MR) is 57.7 cm³/mol. The summed E-state index contributed by atoms with van der Waals surface area (Å²) in [6.07, 6.45) is 2.47. The van der Waals surface area contributed by atoms with Crippen LogP contribution in [0.1, 0.15) is 12.0 Å². The molecular formula is C12H17NO. The first-order valence-electron chi connectivity index (χ1n) is 5.22. The van der Waals surface area contributed by atoms with E-state index in [1.807, 2.05) is 6.07 Å². The zero-order chi connectivity index (χ0) is 9.80. The van der Waals surface area contributed by atoms with Crippen LogP contribution in [0, 0.1) is 5.92 Å². The maximum Gasteiger partial charge on any atom is 0.119 e. The summed E-state index contributed by atoms with van der Waals surface area (Å²) in [5, 5.41) is 3.39. The van der Waals surface area contributed by atoms with Crippen molar-refractivity contribution in [1.29, 1.82) is 0 Å². The van der Waals surface area contributed by atoms with Gasteiger partial charge in [0.05, 0.1) is 7.11 Å². The maximum absolute atomic E-state index is 5.20. The third-order valence-electron chi connectivity index (χ3n) is 2.82. The number of hydrogen-bond acceptors (Lipinski definition) is 2. The van der Waals surface area contributed by atoms with E-state index in [9.17, 15) is 0 Å². The zero-order valence-corrected chi connectivity index (χ0v) is 8.62. The SMILES string of the molecule is COc1cccc(C[C@H]2CCNC2)c1. The third-order valence-corrected chi connectivity index (χ3v) is 2.82. The molecule has 1 saturated heterocycles. The topological polar surface area (TPSA) is 21.3 Å². The number of hydrogen-bond donors (Lipinski definition) is 1. The minimum absolute atomic E-state index is 0.808. The molecule has 0 spiro atoms. The Bertz CT molecular complexity index is 292. The summed E-state index contributed by atoms with van der Waals surface area (Å²) < 4.78 is 5.20. The lowest BCUT2D eigenvalue weighted by Gasteiger charge is -2.09. The van der Waals surface area contributed by atoms with Gasteiger partial charge in [0, 0.05) is 0 Å². The van der Waals surface area contributed by atoms with Crippen LogP contribution in [-0.2, 0) is 6.42 Å². The summed E-state index contributed by atoms with van der Waals surface area (Å²) in [7, 11) is 1.72. The lowest BCUT2D eigenvalue weighted by molar-refractivity contribution is 0.414. The first-order valence-corrected chi connectivity index (χ1v) is 5.22. The molecule has 0 bridgehead atoms. The predicted octanol–water partition coefficient (Wildman–Crippen LogP) is 1.85. The standard InChI is InChI=1S/C12H17NO/c1-14-12-4-2-3-10(8-12)7-11-5-6-13-9-11/h2-4,8,11,13H,5-7,9H2,1H3/t11-/m1/s1. The van der Waals surface area contributed by atoms with E-state index in [1.54, 1.807) is 7.11 Å². The van der Waals surface area contributed by atoms with Crippen molar-refractivity contribution in [1.82, 2.24) is 5.32 Å². The van der Waals surface area contributed by atoms with Gasteiger partial charge < -0.3 is 10.1 Å². The molecule has 0 saturated carbocycles. The number of benzene rings is 1. The molecule has 0 aromatic heterocycles. The van der Waals surface area contributed by atoms with E-state index in [4.69, 9.17) is 4.74 Å². The molecule has 2 heteroatoms. The summed E-state index contributed by atoms with van der Waals surface area (Å²) in [6, 6.07) is 8.38. The first-order chi connectivity index (χ1) is 6.88. The maximum atomic E-state index is 5.20. The van der Waals surface area contributed by atoms with Crippen molar-refractivity contribution in [3.8, 4) is 5.75 Å². The highest BCUT2D eigenvalue weighted by Gasteiger charge is 2.14. The van der Waals surface area contributed by atoms with E-state index in [-0.39, 0.29) is 0 Å². The van der Waals surface area contributed by atoms with Gasteiger partial charge in [-0.15, -0.1) is 0 Å². The highest BCUT2D eigenvalue weighted by molar-refractivity contribution is 5.28. The van der Waals surface area contributed by atoms with Gasteiger partial charge in [-0.2, -0.15) is 0 Å². The summed E-state index contributed by atoms with van der Waals surface area (Å²) in [6.45, 7) is 2.34. The third kappa shape index (κ3) is 2.26. The van der Waals surface area contributed by atoms with E-state index in [2.05, 4.69) is 23.5 Å². The molecule has 1 heterocycles. The Balaban J connectivity index is 2.00. The summed E-state index contributed by atoms with van der Waals surface area (Å²) in [4.78, 5) is 0. The fourth-order valence-corrected chi connectivity index (χ4v) is 2.02. The van der Waals surface area contributed by atoms with Crippen molar-refractivity contribution in [3.63, 3.8) is 0 Å². The van der Waals surface area contributed by atoms with Crippen LogP contribution in [0.3, 0.4) is 0 Å². The molecule has 2 rings (SSSR count). The highest BCUT2D eigenvalue weighted by atomic mass is 16.5.